The third-order valence-corrected chi connectivity index (χ3v) is 10.5. The van der Waals surface area contributed by atoms with Crippen LogP contribution in [0.25, 0.3) is 0 Å². The number of allylic oxidation sites excluding steroid dienone is 1. The molecule has 1 saturated heterocycles. The van der Waals surface area contributed by atoms with Crippen LogP contribution in [0.4, 0.5) is 4.79 Å². The van der Waals surface area contributed by atoms with E-state index in [0.717, 1.165) is 41.1 Å². The van der Waals surface area contributed by atoms with Crippen molar-refractivity contribution in [3.8, 4) is 0 Å². The SMILES string of the molecule is CN(C)S(=O)(=O)NC(=O)[C@@]12C[C@@H]1/C=C\CCCCC[C@H](NCl)C(=O)N1C[C@H](OC(=O)N3Cc4ccccc4C3)C[C@H]1C(=O)N2. The molecule has 1 aromatic carbocycles. The first-order valence-corrected chi connectivity index (χ1v) is 16.7. The van der Waals surface area contributed by atoms with Gasteiger partial charge in [0.05, 0.1) is 6.54 Å². The summed E-state index contributed by atoms with van der Waals surface area (Å²) in [6, 6.07) is 5.87. The molecule has 4 amide bonds. The van der Waals surface area contributed by atoms with Crippen molar-refractivity contribution in [2.45, 2.75) is 81.8 Å². The Labute approximate surface area is 262 Å². The quantitative estimate of drug-likeness (QED) is 0.320. The van der Waals surface area contributed by atoms with E-state index in [1.807, 2.05) is 36.4 Å². The topological polar surface area (TPSA) is 157 Å². The molecule has 3 heterocycles. The molecular weight excluding hydrogens is 612 g/mol. The van der Waals surface area contributed by atoms with E-state index in [-0.39, 0.29) is 19.4 Å². The Kier molecular flexibility index (Phi) is 9.54. The van der Waals surface area contributed by atoms with Gasteiger partial charge in [-0.3, -0.25) is 19.3 Å². The molecule has 1 aliphatic carbocycles. The number of ether oxygens (including phenoxy) is 1. The summed E-state index contributed by atoms with van der Waals surface area (Å²) in [4.78, 5) is 59.6. The number of fused-ring (bicyclic) bond motifs is 3. The largest absolute Gasteiger partial charge is 0.444 e. The molecular formula is C29H39ClN6O7S. The van der Waals surface area contributed by atoms with Gasteiger partial charge in [-0.1, -0.05) is 49.3 Å². The van der Waals surface area contributed by atoms with Gasteiger partial charge in [-0.15, -0.1) is 0 Å². The van der Waals surface area contributed by atoms with Crippen LogP contribution in [0.5, 0.6) is 0 Å². The lowest BCUT2D eigenvalue weighted by atomic mass is 10.1. The first-order chi connectivity index (χ1) is 20.9. The summed E-state index contributed by atoms with van der Waals surface area (Å²) in [6.07, 6.45) is 6.23. The number of benzene rings is 1. The number of carbonyl (C=O) groups excluding carboxylic acids is 4. The highest BCUT2D eigenvalue weighted by atomic mass is 35.5. The van der Waals surface area contributed by atoms with E-state index < -0.39 is 63.7 Å². The molecule has 2 fully saturated rings. The molecule has 3 N–H and O–H groups in total. The minimum atomic E-state index is -4.12. The van der Waals surface area contributed by atoms with E-state index in [9.17, 15) is 27.6 Å². The number of nitrogens with zero attached hydrogens (tertiary/aromatic N) is 3. The summed E-state index contributed by atoms with van der Waals surface area (Å²) in [5.41, 5.74) is 0.551. The van der Waals surface area contributed by atoms with Crippen molar-refractivity contribution < 1.29 is 32.3 Å². The molecule has 1 saturated carbocycles. The van der Waals surface area contributed by atoms with Crippen molar-refractivity contribution in [1.29, 1.82) is 0 Å². The summed E-state index contributed by atoms with van der Waals surface area (Å²) < 4.78 is 33.7. The lowest BCUT2D eigenvalue weighted by Crippen LogP contribution is -2.58. The van der Waals surface area contributed by atoms with Crippen LogP contribution in [0, 0.1) is 5.92 Å². The predicted molar refractivity (Wildman–Crippen MR) is 161 cm³/mol. The van der Waals surface area contributed by atoms with E-state index in [4.69, 9.17) is 16.5 Å². The van der Waals surface area contributed by atoms with Crippen LogP contribution in [-0.2, 0) is 42.4 Å². The van der Waals surface area contributed by atoms with Gasteiger partial charge in [0.1, 0.15) is 23.7 Å². The van der Waals surface area contributed by atoms with Crippen molar-refractivity contribution in [3.63, 3.8) is 0 Å². The monoisotopic (exact) mass is 650 g/mol. The number of rotatable bonds is 5. The molecule has 4 aliphatic rings. The number of hydrogen-bond acceptors (Lipinski definition) is 8. The van der Waals surface area contributed by atoms with Crippen LogP contribution in [0.3, 0.4) is 0 Å². The van der Waals surface area contributed by atoms with Crippen LogP contribution in [0.2, 0.25) is 0 Å². The van der Waals surface area contributed by atoms with Gasteiger partial charge in [0.2, 0.25) is 11.8 Å². The molecule has 0 unspecified atom stereocenters. The minimum Gasteiger partial charge on any atom is -0.444 e. The van der Waals surface area contributed by atoms with Gasteiger partial charge in [0.15, 0.2) is 0 Å². The zero-order valence-corrected chi connectivity index (χ0v) is 26.4. The van der Waals surface area contributed by atoms with Crippen LogP contribution in [0.1, 0.15) is 56.1 Å². The van der Waals surface area contributed by atoms with Crippen molar-refractivity contribution in [2.24, 2.45) is 5.92 Å². The Balaban J connectivity index is 1.37. The van der Waals surface area contributed by atoms with Crippen LogP contribution >= 0.6 is 11.8 Å². The number of nitrogens with one attached hydrogen (secondary N) is 3. The van der Waals surface area contributed by atoms with Gasteiger partial charge in [-0.2, -0.15) is 12.7 Å². The maximum Gasteiger partial charge on any atom is 0.410 e. The van der Waals surface area contributed by atoms with Crippen molar-refractivity contribution in [3.05, 3.63) is 47.5 Å². The van der Waals surface area contributed by atoms with Crippen LogP contribution in [-0.4, -0.2) is 90.7 Å². The summed E-state index contributed by atoms with van der Waals surface area (Å²) in [6.45, 7) is 0.764. The van der Waals surface area contributed by atoms with E-state index in [1.54, 1.807) is 4.90 Å². The van der Waals surface area contributed by atoms with E-state index in [2.05, 4.69) is 14.9 Å². The number of halogens is 1. The van der Waals surface area contributed by atoms with Gasteiger partial charge >= 0.3 is 16.3 Å². The summed E-state index contributed by atoms with van der Waals surface area (Å²) in [5.74, 6) is -2.34. The Morgan fingerprint density at radius 1 is 1.11 bits per heavy atom. The second kappa shape index (κ2) is 13.0. The fourth-order valence-corrected chi connectivity index (χ4v) is 6.91. The van der Waals surface area contributed by atoms with Gasteiger partial charge in [0, 0.05) is 39.5 Å². The Hall–Kier alpha value is -3.20. The van der Waals surface area contributed by atoms with Crippen molar-refractivity contribution in [1.82, 2.24) is 29.0 Å². The first-order valence-electron chi connectivity index (χ1n) is 14.9. The normalized spacial score (nSPS) is 29.9. The molecule has 0 spiro atoms. The third kappa shape index (κ3) is 6.72. The molecule has 240 valence electrons. The maximum absolute atomic E-state index is 13.9. The highest BCUT2D eigenvalue weighted by molar-refractivity contribution is 7.87. The average molecular weight is 651 g/mol. The average Bonchev–Trinajstić information content (AvgIpc) is 3.29. The fraction of sp³-hybridized carbons (Fsp3) is 0.586. The smallest absolute Gasteiger partial charge is 0.410 e. The molecule has 15 heteroatoms. The number of amides is 4. The maximum atomic E-state index is 13.9. The second-order valence-corrected chi connectivity index (χ2v) is 14.2. The van der Waals surface area contributed by atoms with Crippen LogP contribution in [0.15, 0.2) is 36.4 Å². The van der Waals surface area contributed by atoms with E-state index in [1.165, 1.54) is 19.0 Å². The molecule has 5 atom stereocenters. The molecule has 44 heavy (non-hydrogen) atoms. The Morgan fingerprint density at radius 2 is 1.82 bits per heavy atom. The summed E-state index contributed by atoms with van der Waals surface area (Å²) >= 11 is 6.00. The first kappa shape index (κ1) is 32.2. The highest BCUT2D eigenvalue weighted by Crippen LogP contribution is 2.45. The van der Waals surface area contributed by atoms with E-state index in [0.29, 0.717) is 19.5 Å². The summed E-state index contributed by atoms with van der Waals surface area (Å²) in [7, 11) is -1.54. The molecule has 0 radical (unpaired) electrons. The zero-order chi connectivity index (χ0) is 31.6. The minimum absolute atomic E-state index is 0.00725. The van der Waals surface area contributed by atoms with Gasteiger partial charge in [-0.25, -0.2) is 14.4 Å². The molecule has 3 aliphatic heterocycles. The highest BCUT2D eigenvalue weighted by Gasteiger charge is 2.61. The summed E-state index contributed by atoms with van der Waals surface area (Å²) in [5, 5.41) is 2.78. The number of hydrogen-bond donors (Lipinski definition) is 3. The molecule has 0 aromatic heterocycles. The zero-order valence-electron chi connectivity index (χ0n) is 24.8. The number of carbonyl (C=O) groups is 4. The second-order valence-electron chi connectivity index (χ2n) is 12.1. The van der Waals surface area contributed by atoms with Crippen molar-refractivity contribution >= 4 is 45.8 Å². The van der Waals surface area contributed by atoms with Gasteiger partial charge < -0.3 is 15.0 Å². The Bertz CT molecular complexity index is 1410. The molecule has 5 rings (SSSR count). The third-order valence-electron chi connectivity index (χ3n) is 8.85. The molecule has 0 bridgehead atoms. The fourth-order valence-electron chi connectivity index (χ4n) is 6.11. The van der Waals surface area contributed by atoms with Crippen LogP contribution < -0.4 is 14.9 Å². The van der Waals surface area contributed by atoms with Gasteiger partial charge in [0.25, 0.3) is 5.91 Å². The van der Waals surface area contributed by atoms with Gasteiger partial charge in [-0.05, 0) is 48.6 Å². The standard InChI is InChI=1S/C29H39ClN6O7S/c1-34(2)44(41,42)33-27(39)29-15-21(29)12-6-4-3-5-7-13-23(32-30)26(38)36-18-22(14-24(36)25(37)31-29)43-28(40)35-16-19-10-8-9-11-20(19)17-35/h6,8-12,21-24,32H,3-5,7,13-18H2,1-2H3,(H,31,37)(H,33,39)/b12-6-/t21-,22+,23-,24-,29+/m0/s1. The van der Waals surface area contributed by atoms with E-state index >= 15 is 0 Å². The van der Waals surface area contributed by atoms with Crippen molar-refractivity contribution in [2.75, 3.05) is 20.6 Å². The molecule has 1 aromatic rings. The Morgan fingerprint density at radius 3 is 2.48 bits per heavy atom. The predicted octanol–water partition coefficient (Wildman–Crippen LogP) is 1.54. The molecule has 13 nitrogen and oxygen atoms in total. The lowest BCUT2D eigenvalue weighted by molar-refractivity contribution is -0.141. The lowest BCUT2D eigenvalue weighted by Gasteiger charge is -2.29.